The minimum atomic E-state index is 0. The molecule has 7 heteroatoms. The predicted molar refractivity (Wildman–Crippen MR) is 102 cm³/mol. The molecule has 0 saturated carbocycles. The molecule has 118 valence electrons. The molecule has 2 aliphatic heterocycles. The Morgan fingerprint density at radius 3 is 2.90 bits per heavy atom. The normalized spacial score (nSPS) is 27.5. The molecule has 4 nitrogen and oxygen atoms in total. The number of thiophene rings is 1. The van der Waals surface area contributed by atoms with Crippen molar-refractivity contribution in [2.75, 3.05) is 13.6 Å². The van der Waals surface area contributed by atoms with Crippen molar-refractivity contribution in [2.24, 2.45) is 4.99 Å². The van der Waals surface area contributed by atoms with Crippen LogP contribution in [0.3, 0.4) is 0 Å². The Morgan fingerprint density at radius 1 is 1.48 bits per heavy atom. The molecular weight excluding hydrogens is 465 g/mol. The first-order chi connectivity index (χ1) is 9.74. The van der Waals surface area contributed by atoms with Gasteiger partial charge in [0.1, 0.15) is 0 Å². The maximum absolute atomic E-state index is 5.86. The van der Waals surface area contributed by atoms with E-state index in [1.54, 1.807) is 11.3 Å². The topological polar surface area (TPSA) is 45.7 Å². The van der Waals surface area contributed by atoms with Crippen molar-refractivity contribution in [3.8, 4) is 0 Å². The highest BCUT2D eigenvalue weighted by molar-refractivity contribution is 14.0. The monoisotopic (exact) mass is 485 g/mol. The Morgan fingerprint density at radius 2 is 2.33 bits per heavy atom. The second-order valence-electron chi connectivity index (χ2n) is 5.32. The van der Waals surface area contributed by atoms with Crippen LogP contribution in [0.25, 0.3) is 0 Å². The van der Waals surface area contributed by atoms with E-state index in [-0.39, 0.29) is 24.0 Å². The molecule has 3 rings (SSSR count). The Bertz CT molecular complexity index is 496. The zero-order chi connectivity index (χ0) is 13.9. The Hall–Kier alpha value is 0.140. The van der Waals surface area contributed by atoms with Crippen molar-refractivity contribution in [3.05, 3.63) is 20.8 Å². The van der Waals surface area contributed by atoms with Crippen LogP contribution >= 0.6 is 51.2 Å². The highest BCUT2D eigenvalue weighted by Gasteiger charge is 2.41. The highest BCUT2D eigenvalue weighted by atomic mass is 127. The number of rotatable bonds is 4. The molecule has 3 heterocycles. The number of aliphatic imine (C=N–C) groups is 1. The number of halogens is 2. The van der Waals surface area contributed by atoms with Gasteiger partial charge in [0.05, 0.1) is 22.0 Å². The number of guanidine groups is 1. The van der Waals surface area contributed by atoms with Crippen LogP contribution in [0, 0.1) is 0 Å². The molecular formula is C14H21BrIN3OS. The van der Waals surface area contributed by atoms with Gasteiger partial charge in [-0.3, -0.25) is 4.99 Å². The maximum Gasteiger partial charge on any atom is 0.191 e. The van der Waals surface area contributed by atoms with Gasteiger partial charge in [0.15, 0.2) is 5.96 Å². The number of fused-ring (bicyclic) bond motifs is 2. The Balaban J connectivity index is 0.00000161. The molecule has 2 saturated heterocycles. The first-order valence-electron chi connectivity index (χ1n) is 7.11. The lowest BCUT2D eigenvalue weighted by molar-refractivity contribution is 0.0992. The summed E-state index contributed by atoms with van der Waals surface area (Å²) in [5.41, 5.74) is 0. The van der Waals surface area contributed by atoms with E-state index in [0.717, 1.165) is 25.3 Å². The molecule has 0 aromatic carbocycles. The van der Waals surface area contributed by atoms with E-state index in [4.69, 9.17) is 4.74 Å². The molecule has 2 fully saturated rings. The molecule has 21 heavy (non-hydrogen) atoms. The van der Waals surface area contributed by atoms with Crippen molar-refractivity contribution >= 4 is 57.2 Å². The van der Waals surface area contributed by atoms with Gasteiger partial charge >= 0.3 is 0 Å². The van der Waals surface area contributed by atoms with Crippen molar-refractivity contribution < 1.29 is 4.74 Å². The molecule has 0 spiro atoms. The van der Waals surface area contributed by atoms with Gasteiger partial charge in [0, 0.05) is 18.5 Å². The van der Waals surface area contributed by atoms with E-state index in [0.29, 0.717) is 18.2 Å². The summed E-state index contributed by atoms with van der Waals surface area (Å²) < 4.78 is 7.05. The Kier molecular flexibility index (Phi) is 6.77. The third-order valence-corrected chi connectivity index (χ3v) is 5.63. The molecule has 3 unspecified atom stereocenters. The highest BCUT2D eigenvalue weighted by Crippen LogP contribution is 2.34. The number of nitrogens with one attached hydrogen (secondary N) is 2. The number of nitrogens with zero attached hydrogens (tertiary/aromatic N) is 1. The van der Waals surface area contributed by atoms with Gasteiger partial charge in [-0.2, -0.15) is 0 Å². The maximum atomic E-state index is 5.86. The molecule has 3 atom stereocenters. The van der Waals surface area contributed by atoms with E-state index in [9.17, 15) is 0 Å². The van der Waals surface area contributed by atoms with Crippen LogP contribution < -0.4 is 10.6 Å². The molecule has 1 aromatic rings. The fourth-order valence-corrected chi connectivity index (χ4v) is 4.43. The van der Waals surface area contributed by atoms with Crippen LogP contribution in [0.15, 0.2) is 20.9 Å². The van der Waals surface area contributed by atoms with Gasteiger partial charge in [-0.05, 0) is 53.7 Å². The third kappa shape index (κ3) is 4.56. The van der Waals surface area contributed by atoms with Crippen LogP contribution in [0.5, 0.6) is 0 Å². The van der Waals surface area contributed by atoms with Crippen LogP contribution in [0.2, 0.25) is 0 Å². The zero-order valence-electron chi connectivity index (χ0n) is 12.0. The number of ether oxygens (including phenoxy) is 1. The van der Waals surface area contributed by atoms with Crippen LogP contribution in [-0.4, -0.2) is 37.8 Å². The van der Waals surface area contributed by atoms with Gasteiger partial charge in [0.25, 0.3) is 0 Å². The molecule has 0 amide bonds. The summed E-state index contributed by atoms with van der Waals surface area (Å²) in [5, 5.41) is 6.88. The summed E-state index contributed by atoms with van der Waals surface area (Å²) in [4.78, 5) is 5.68. The molecule has 1 aromatic heterocycles. The van der Waals surface area contributed by atoms with E-state index < -0.39 is 0 Å². The summed E-state index contributed by atoms with van der Waals surface area (Å²) >= 11 is 5.28. The number of hydrogen-bond acceptors (Lipinski definition) is 3. The van der Waals surface area contributed by atoms with Crippen molar-refractivity contribution in [2.45, 2.75) is 43.9 Å². The quantitative estimate of drug-likeness (QED) is 0.391. The van der Waals surface area contributed by atoms with Crippen LogP contribution in [-0.2, 0) is 11.2 Å². The molecule has 2 N–H and O–H groups in total. The molecule has 2 aliphatic rings. The van der Waals surface area contributed by atoms with Crippen molar-refractivity contribution in [1.82, 2.24) is 10.6 Å². The standard InChI is InChI=1S/C14H20BrN3OS.HI/c1-16-14(17-7-6-10-3-5-13(15)20-10)18-11-8-9-2-4-12(11)19-9;/h3,5,9,11-12H,2,4,6-8H2,1H3,(H2,16,17,18);1H. The van der Waals surface area contributed by atoms with Gasteiger partial charge < -0.3 is 15.4 Å². The first-order valence-corrected chi connectivity index (χ1v) is 8.72. The lowest BCUT2D eigenvalue weighted by Crippen LogP contribution is -2.47. The zero-order valence-corrected chi connectivity index (χ0v) is 16.7. The minimum Gasteiger partial charge on any atom is -0.373 e. The summed E-state index contributed by atoms with van der Waals surface area (Å²) in [5.74, 6) is 0.891. The largest absolute Gasteiger partial charge is 0.373 e. The summed E-state index contributed by atoms with van der Waals surface area (Å²) in [6, 6.07) is 4.69. The predicted octanol–water partition coefficient (Wildman–Crippen LogP) is 3.16. The summed E-state index contributed by atoms with van der Waals surface area (Å²) in [6.07, 6.45) is 5.39. The van der Waals surface area contributed by atoms with Crippen LogP contribution in [0.4, 0.5) is 0 Å². The van der Waals surface area contributed by atoms with Gasteiger partial charge in [-0.25, -0.2) is 0 Å². The SMILES string of the molecule is CN=C(NCCc1ccc(Br)s1)NC1CC2CCC1O2.I. The fourth-order valence-electron chi connectivity index (χ4n) is 2.95. The van der Waals surface area contributed by atoms with Gasteiger partial charge in [-0.1, -0.05) is 0 Å². The average Bonchev–Trinajstić information content (AvgIpc) is 3.14. The minimum absolute atomic E-state index is 0. The van der Waals surface area contributed by atoms with E-state index in [2.05, 4.69) is 43.7 Å². The summed E-state index contributed by atoms with van der Waals surface area (Å²) in [7, 11) is 1.82. The van der Waals surface area contributed by atoms with E-state index in [1.165, 1.54) is 21.5 Å². The fraction of sp³-hybridized carbons (Fsp3) is 0.643. The smallest absolute Gasteiger partial charge is 0.191 e. The van der Waals surface area contributed by atoms with Crippen LogP contribution in [0.1, 0.15) is 24.1 Å². The average molecular weight is 486 g/mol. The lowest BCUT2D eigenvalue weighted by atomic mass is 9.96. The van der Waals surface area contributed by atoms with E-state index >= 15 is 0 Å². The summed E-state index contributed by atoms with van der Waals surface area (Å²) in [6.45, 7) is 0.897. The molecule has 0 aliphatic carbocycles. The third-order valence-electron chi connectivity index (χ3n) is 3.94. The molecule has 0 radical (unpaired) electrons. The second-order valence-corrected chi connectivity index (χ2v) is 7.86. The van der Waals surface area contributed by atoms with Crippen molar-refractivity contribution in [1.29, 1.82) is 0 Å². The van der Waals surface area contributed by atoms with Gasteiger partial charge in [-0.15, -0.1) is 35.3 Å². The molecule has 2 bridgehead atoms. The Labute approximate surface area is 155 Å². The van der Waals surface area contributed by atoms with Gasteiger partial charge in [0.2, 0.25) is 0 Å². The first kappa shape index (κ1) is 17.5. The van der Waals surface area contributed by atoms with Crippen molar-refractivity contribution in [3.63, 3.8) is 0 Å². The lowest BCUT2D eigenvalue weighted by Gasteiger charge is -2.22. The van der Waals surface area contributed by atoms with E-state index in [1.807, 2.05) is 7.05 Å². The second kappa shape index (κ2) is 8.12. The number of hydrogen-bond donors (Lipinski definition) is 2.